The lowest BCUT2D eigenvalue weighted by Crippen LogP contribution is -2.40. The molecule has 86 valence electrons. The van der Waals surface area contributed by atoms with Gasteiger partial charge in [-0.05, 0) is 18.2 Å². The van der Waals surface area contributed by atoms with Gasteiger partial charge in [0.05, 0.1) is 24.6 Å². The molecule has 0 aromatic heterocycles. The first-order valence-corrected chi connectivity index (χ1v) is 5.25. The summed E-state index contributed by atoms with van der Waals surface area (Å²) in [6.45, 7) is 2.85. The van der Waals surface area contributed by atoms with E-state index in [9.17, 15) is 0 Å². The molecule has 0 atom stereocenters. The van der Waals surface area contributed by atoms with E-state index in [1.165, 1.54) is 0 Å². The van der Waals surface area contributed by atoms with Crippen LogP contribution >= 0.6 is 0 Å². The quantitative estimate of drug-likeness (QED) is 0.365. The van der Waals surface area contributed by atoms with Gasteiger partial charge in [-0.3, -0.25) is 5.41 Å². The fourth-order valence-corrected chi connectivity index (χ4v) is 1.69. The van der Waals surface area contributed by atoms with Gasteiger partial charge in [0.2, 0.25) is 0 Å². The number of nitrogens with one attached hydrogen (secondary N) is 1. The molecule has 1 aliphatic heterocycles. The fourth-order valence-electron chi connectivity index (χ4n) is 1.69. The molecule has 1 aromatic carbocycles. The van der Waals surface area contributed by atoms with Gasteiger partial charge in [-0.15, -0.1) is 0 Å². The Balaban J connectivity index is 2.16. The first-order chi connectivity index (χ1) is 7.68. The number of amidine groups is 1. The number of morpholine rings is 1. The Bertz CT molecular complexity index is 399. The topological polar surface area (TPSA) is 88.4 Å². The molecule has 0 saturated carbocycles. The van der Waals surface area contributed by atoms with Crippen LogP contribution in [0, 0.1) is 5.41 Å². The Morgan fingerprint density at radius 2 is 1.88 bits per heavy atom. The number of nitrogens with zero attached hydrogens (tertiary/aromatic N) is 1. The minimum Gasteiger partial charge on any atom is -0.397 e. The monoisotopic (exact) mass is 220 g/mol. The van der Waals surface area contributed by atoms with Gasteiger partial charge in [0, 0.05) is 18.7 Å². The molecule has 1 fully saturated rings. The van der Waals surface area contributed by atoms with Crippen LogP contribution in [0.1, 0.15) is 5.56 Å². The number of hydrogen-bond donors (Lipinski definition) is 3. The molecule has 5 N–H and O–H groups in total. The number of anilines is 2. The Hall–Kier alpha value is -1.75. The lowest BCUT2D eigenvalue weighted by atomic mass is 10.1. The third-order valence-corrected chi connectivity index (χ3v) is 2.69. The average molecular weight is 220 g/mol. The highest BCUT2D eigenvalue weighted by atomic mass is 16.5. The summed E-state index contributed by atoms with van der Waals surface area (Å²) in [6, 6.07) is 5.30. The Morgan fingerprint density at radius 1 is 1.19 bits per heavy atom. The van der Waals surface area contributed by atoms with Gasteiger partial charge in [0.1, 0.15) is 5.84 Å². The van der Waals surface area contributed by atoms with Crippen molar-refractivity contribution in [2.24, 2.45) is 0 Å². The second kappa shape index (κ2) is 4.40. The van der Waals surface area contributed by atoms with E-state index >= 15 is 0 Å². The second-order valence-corrected chi connectivity index (χ2v) is 3.79. The highest BCUT2D eigenvalue weighted by Crippen LogP contribution is 2.17. The van der Waals surface area contributed by atoms with Crippen molar-refractivity contribution in [3.63, 3.8) is 0 Å². The SMILES string of the molecule is N=C(c1ccc(N)c(N)c1)N1CCOCC1. The Kier molecular flexibility index (Phi) is 2.96. The maximum absolute atomic E-state index is 8.07. The average Bonchev–Trinajstić information content (AvgIpc) is 2.33. The molecule has 0 spiro atoms. The second-order valence-electron chi connectivity index (χ2n) is 3.79. The lowest BCUT2D eigenvalue weighted by molar-refractivity contribution is 0.0680. The van der Waals surface area contributed by atoms with Crippen LogP contribution in [0.25, 0.3) is 0 Å². The van der Waals surface area contributed by atoms with Crippen LogP contribution < -0.4 is 11.5 Å². The number of ether oxygens (including phenoxy) is 1. The molecule has 0 aliphatic carbocycles. The number of benzene rings is 1. The minimum absolute atomic E-state index is 0.481. The molecule has 2 rings (SSSR count). The van der Waals surface area contributed by atoms with Crippen LogP contribution in [-0.2, 0) is 4.74 Å². The molecule has 5 heteroatoms. The van der Waals surface area contributed by atoms with Crippen LogP contribution in [0.5, 0.6) is 0 Å². The summed E-state index contributed by atoms with van der Waals surface area (Å²) in [5, 5.41) is 8.07. The highest BCUT2D eigenvalue weighted by molar-refractivity contribution is 5.98. The predicted octanol–water partition coefficient (Wildman–Crippen LogP) is 0.509. The van der Waals surface area contributed by atoms with E-state index in [1.807, 2.05) is 11.0 Å². The molecule has 0 unspecified atom stereocenters. The Labute approximate surface area is 94.5 Å². The normalized spacial score (nSPS) is 16.1. The van der Waals surface area contributed by atoms with Gasteiger partial charge in [0.15, 0.2) is 0 Å². The third-order valence-electron chi connectivity index (χ3n) is 2.69. The number of hydrogen-bond acceptors (Lipinski definition) is 4. The smallest absolute Gasteiger partial charge is 0.128 e. The summed E-state index contributed by atoms with van der Waals surface area (Å²) in [5.41, 5.74) is 13.2. The lowest BCUT2D eigenvalue weighted by Gasteiger charge is -2.29. The largest absolute Gasteiger partial charge is 0.397 e. The van der Waals surface area contributed by atoms with Gasteiger partial charge in [0.25, 0.3) is 0 Å². The van der Waals surface area contributed by atoms with Crippen molar-refractivity contribution in [1.29, 1.82) is 5.41 Å². The van der Waals surface area contributed by atoms with E-state index in [1.54, 1.807) is 12.1 Å². The molecular formula is C11H16N4O. The van der Waals surface area contributed by atoms with Crippen molar-refractivity contribution in [3.05, 3.63) is 23.8 Å². The van der Waals surface area contributed by atoms with E-state index < -0.39 is 0 Å². The molecule has 16 heavy (non-hydrogen) atoms. The summed E-state index contributed by atoms with van der Waals surface area (Å²) in [7, 11) is 0. The van der Waals surface area contributed by atoms with Gasteiger partial charge in [-0.25, -0.2) is 0 Å². The van der Waals surface area contributed by atoms with Crippen LogP contribution in [0.4, 0.5) is 11.4 Å². The predicted molar refractivity (Wildman–Crippen MR) is 64.5 cm³/mol. The summed E-state index contributed by atoms with van der Waals surface area (Å²) < 4.78 is 5.25. The van der Waals surface area contributed by atoms with Crippen LogP contribution in [0.15, 0.2) is 18.2 Å². The van der Waals surface area contributed by atoms with E-state index in [0.717, 1.165) is 18.7 Å². The molecular weight excluding hydrogens is 204 g/mol. The molecule has 1 aromatic rings. The highest BCUT2D eigenvalue weighted by Gasteiger charge is 2.15. The van der Waals surface area contributed by atoms with Crippen molar-refractivity contribution in [2.75, 3.05) is 37.8 Å². The minimum atomic E-state index is 0.481. The maximum atomic E-state index is 8.07. The molecule has 0 amide bonds. The standard InChI is InChI=1S/C11H16N4O/c12-9-2-1-8(7-10(9)13)11(14)15-3-5-16-6-4-15/h1-2,7,14H,3-6,12-13H2. The molecule has 0 bridgehead atoms. The molecule has 1 saturated heterocycles. The van der Waals surface area contributed by atoms with E-state index in [-0.39, 0.29) is 0 Å². The fraction of sp³-hybridized carbons (Fsp3) is 0.364. The van der Waals surface area contributed by atoms with Crippen LogP contribution in [0.2, 0.25) is 0 Å². The van der Waals surface area contributed by atoms with Crippen molar-refractivity contribution >= 4 is 17.2 Å². The van der Waals surface area contributed by atoms with Gasteiger partial charge >= 0.3 is 0 Å². The summed E-state index contributed by atoms with van der Waals surface area (Å²) >= 11 is 0. The third kappa shape index (κ3) is 2.09. The van der Waals surface area contributed by atoms with E-state index in [2.05, 4.69) is 0 Å². The zero-order valence-corrected chi connectivity index (χ0v) is 9.07. The zero-order chi connectivity index (χ0) is 11.5. The summed E-state index contributed by atoms with van der Waals surface area (Å²) in [4.78, 5) is 1.98. The zero-order valence-electron chi connectivity index (χ0n) is 9.07. The number of nitrogen functional groups attached to an aromatic ring is 2. The van der Waals surface area contributed by atoms with Crippen molar-refractivity contribution in [3.8, 4) is 0 Å². The van der Waals surface area contributed by atoms with Crippen molar-refractivity contribution in [1.82, 2.24) is 4.90 Å². The van der Waals surface area contributed by atoms with Crippen molar-refractivity contribution in [2.45, 2.75) is 0 Å². The summed E-state index contributed by atoms with van der Waals surface area (Å²) in [6.07, 6.45) is 0. The van der Waals surface area contributed by atoms with Gasteiger partial charge in [-0.2, -0.15) is 0 Å². The first kappa shape index (κ1) is 10.8. The Morgan fingerprint density at radius 3 is 2.50 bits per heavy atom. The maximum Gasteiger partial charge on any atom is 0.128 e. The number of rotatable bonds is 1. The molecule has 0 radical (unpaired) electrons. The van der Waals surface area contributed by atoms with Gasteiger partial charge in [-0.1, -0.05) is 0 Å². The first-order valence-electron chi connectivity index (χ1n) is 5.25. The molecule has 5 nitrogen and oxygen atoms in total. The van der Waals surface area contributed by atoms with Crippen molar-refractivity contribution < 1.29 is 4.74 Å². The van der Waals surface area contributed by atoms with Crippen LogP contribution in [-0.4, -0.2) is 37.0 Å². The summed E-state index contributed by atoms with van der Waals surface area (Å²) in [5.74, 6) is 0.481. The van der Waals surface area contributed by atoms with Gasteiger partial charge < -0.3 is 21.1 Å². The molecule has 1 aliphatic rings. The van der Waals surface area contributed by atoms with E-state index in [4.69, 9.17) is 21.6 Å². The molecule has 1 heterocycles. The number of nitrogens with two attached hydrogens (primary N) is 2. The van der Waals surface area contributed by atoms with E-state index in [0.29, 0.717) is 30.4 Å². The van der Waals surface area contributed by atoms with Crippen LogP contribution in [0.3, 0.4) is 0 Å².